The number of benzene rings is 1. The number of hydrogen-bond donors (Lipinski definition) is 2. The van der Waals surface area contributed by atoms with E-state index in [0.717, 1.165) is 38.0 Å². The van der Waals surface area contributed by atoms with Gasteiger partial charge >= 0.3 is 0 Å². The monoisotopic (exact) mass is 248 g/mol. The first-order chi connectivity index (χ1) is 8.83. The summed E-state index contributed by atoms with van der Waals surface area (Å²) in [5, 5.41) is 6.17. The van der Waals surface area contributed by atoms with Crippen molar-refractivity contribution in [2.24, 2.45) is 0 Å². The molecule has 0 fully saturated rings. The summed E-state index contributed by atoms with van der Waals surface area (Å²) < 4.78 is 5.58. The number of fused-ring (bicyclic) bond motifs is 1. The van der Waals surface area contributed by atoms with Crippen LogP contribution < -0.4 is 15.4 Å². The summed E-state index contributed by atoms with van der Waals surface area (Å²) in [6, 6.07) is 5.62. The van der Waals surface area contributed by atoms with Crippen molar-refractivity contribution in [3.8, 4) is 5.75 Å². The molecule has 1 aliphatic heterocycles. The molecule has 0 aliphatic carbocycles. The summed E-state index contributed by atoms with van der Waals surface area (Å²) in [4.78, 5) is 12.1. The Kier molecular flexibility index (Phi) is 4.45. The van der Waals surface area contributed by atoms with Crippen LogP contribution >= 0.6 is 0 Å². The molecule has 1 aliphatic rings. The van der Waals surface area contributed by atoms with E-state index in [1.807, 2.05) is 12.1 Å². The van der Waals surface area contributed by atoms with E-state index in [1.54, 1.807) is 6.07 Å². The van der Waals surface area contributed by atoms with Gasteiger partial charge in [0, 0.05) is 13.1 Å². The van der Waals surface area contributed by atoms with E-state index >= 15 is 0 Å². The van der Waals surface area contributed by atoms with Crippen LogP contribution in [0.3, 0.4) is 0 Å². The first-order valence-corrected chi connectivity index (χ1v) is 6.61. The normalized spacial score (nSPS) is 13.2. The number of rotatable bonds is 5. The second-order valence-electron chi connectivity index (χ2n) is 4.42. The fourth-order valence-corrected chi connectivity index (χ4v) is 2.02. The quantitative estimate of drug-likeness (QED) is 0.787. The Morgan fingerprint density at radius 1 is 1.44 bits per heavy atom. The summed E-state index contributed by atoms with van der Waals surface area (Å²) in [5.74, 6) is 0.628. The first kappa shape index (κ1) is 12.7. The summed E-state index contributed by atoms with van der Waals surface area (Å²) in [5.41, 5.74) is 1.53. The van der Waals surface area contributed by atoms with Crippen LogP contribution in [0.15, 0.2) is 18.2 Å². The third-order valence-corrected chi connectivity index (χ3v) is 2.99. The summed E-state index contributed by atoms with van der Waals surface area (Å²) in [6.07, 6.45) is 3.32. The van der Waals surface area contributed by atoms with Crippen LogP contribution in [0.2, 0.25) is 0 Å². The molecule has 0 spiro atoms. The van der Waals surface area contributed by atoms with E-state index in [4.69, 9.17) is 4.74 Å². The number of carbonyl (C=O) groups excluding carboxylic acids is 1. The molecule has 0 saturated heterocycles. The second kappa shape index (κ2) is 6.28. The van der Waals surface area contributed by atoms with Gasteiger partial charge in [-0.25, -0.2) is 0 Å². The molecule has 4 nitrogen and oxygen atoms in total. The molecule has 0 radical (unpaired) electrons. The molecule has 2 N–H and O–H groups in total. The number of ether oxygens (including phenoxy) is 1. The van der Waals surface area contributed by atoms with Gasteiger partial charge in [0.25, 0.3) is 5.91 Å². The maximum atomic E-state index is 12.1. The molecule has 0 bridgehead atoms. The Hall–Kier alpha value is -1.71. The molecule has 4 heteroatoms. The van der Waals surface area contributed by atoms with Crippen LogP contribution in [0.1, 0.15) is 36.5 Å². The SMILES string of the molecule is CCCCCNC(=O)c1cccc2c1OCCN2. The van der Waals surface area contributed by atoms with Gasteiger partial charge in [-0.2, -0.15) is 0 Å². The number of carbonyl (C=O) groups is 1. The molecular formula is C14H20N2O2. The molecule has 18 heavy (non-hydrogen) atoms. The Labute approximate surface area is 108 Å². The van der Waals surface area contributed by atoms with Crippen molar-refractivity contribution >= 4 is 11.6 Å². The standard InChI is InChI=1S/C14H20N2O2/c1-2-3-4-8-16-14(17)11-6-5-7-12-13(11)18-10-9-15-12/h5-7,15H,2-4,8-10H2,1H3,(H,16,17). The topological polar surface area (TPSA) is 50.4 Å². The van der Waals surface area contributed by atoms with E-state index in [1.165, 1.54) is 0 Å². The van der Waals surface area contributed by atoms with Gasteiger partial charge in [0.15, 0.2) is 5.75 Å². The van der Waals surface area contributed by atoms with Crippen LogP contribution in [-0.2, 0) is 0 Å². The Balaban J connectivity index is 2.01. The van der Waals surface area contributed by atoms with Crippen molar-refractivity contribution in [3.05, 3.63) is 23.8 Å². The minimum absolute atomic E-state index is 0.0494. The number of unbranched alkanes of at least 4 members (excludes halogenated alkanes) is 2. The van der Waals surface area contributed by atoms with E-state index in [2.05, 4.69) is 17.6 Å². The van der Waals surface area contributed by atoms with E-state index in [-0.39, 0.29) is 5.91 Å². The van der Waals surface area contributed by atoms with Crippen molar-refractivity contribution in [3.63, 3.8) is 0 Å². The highest BCUT2D eigenvalue weighted by atomic mass is 16.5. The van der Waals surface area contributed by atoms with Gasteiger partial charge in [-0.3, -0.25) is 4.79 Å². The van der Waals surface area contributed by atoms with Crippen LogP contribution in [0.5, 0.6) is 5.75 Å². The van der Waals surface area contributed by atoms with Crippen LogP contribution in [0.25, 0.3) is 0 Å². The summed E-state index contributed by atoms with van der Waals surface area (Å²) in [7, 11) is 0. The number of hydrogen-bond acceptors (Lipinski definition) is 3. The van der Waals surface area contributed by atoms with E-state index in [9.17, 15) is 4.79 Å². The van der Waals surface area contributed by atoms with Gasteiger partial charge < -0.3 is 15.4 Å². The average Bonchev–Trinajstić information content (AvgIpc) is 2.43. The fourth-order valence-electron chi connectivity index (χ4n) is 2.02. The lowest BCUT2D eigenvalue weighted by atomic mass is 10.1. The minimum Gasteiger partial charge on any atom is -0.489 e. The van der Waals surface area contributed by atoms with Crippen molar-refractivity contribution in [2.45, 2.75) is 26.2 Å². The smallest absolute Gasteiger partial charge is 0.255 e. The first-order valence-electron chi connectivity index (χ1n) is 6.61. The maximum absolute atomic E-state index is 12.1. The van der Waals surface area contributed by atoms with Gasteiger partial charge in [-0.1, -0.05) is 25.8 Å². The van der Waals surface area contributed by atoms with Crippen LogP contribution in [-0.4, -0.2) is 25.6 Å². The average molecular weight is 248 g/mol. The van der Waals surface area contributed by atoms with E-state index in [0.29, 0.717) is 17.9 Å². The lowest BCUT2D eigenvalue weighted by Gasteiger charge is -2.21. The van der Waals surface area contributed by atoms with Crippen molar-refractivity contribution in [2.75, 3.05) is 25.0 Å². The lowest BCUT2D eigenvalue weighted by molar-refractivity contribution is 0.0949. The second-order valence-corrected chi connectivity index (χ2v) is 4.42. The van der Waals surface area contributed by atoms with Gasteiger partial charge in [0.2, 0.25) is 0 Å². The Morgan fingerprint density at radius 2 is 2.33 bits per heavy atom. The predicted molar refractivity (Wildman–Crippen MR) is 72.3 cm³/mol. The predicted octanol–water partition coefficient (Wildman–Crippen LogP) is 2.41. The van der Waals surface area contributed by atoms with Gasteiger partial charge in [0.05, 0.1) is 11.3 Å². The molecular weight excluding hydrogens is 228 g/mol. The zero-order chi connectivity index (χ0) is 12.8. The molecule has 2 rings (SSSR count). The zero-order valence-corrected chi connectivity index (χ0v) is 10.8. The molecule has 0 aromatic heterocycles. The van der Waals surface area contributed by atoms with Gasteiger partial charge in [-0.15, -0.1) is 0 Å². The largest absolute Gasteiger partial charge is 0.489 e. The highest BCUT2D eigenvalue weighted by molar-refractivity contribution is 5.98. The highest BCUT2D eigenvalue weighted by Crippen LogP contribution is 2.30. The van der Waals surface area contributed by atoms with Crippen molar-refractivity contribution in [1.82, 2.24) is 5.32 Å². The zero-order valence-electron chi connectivity index (χ0n) is 10.8. The number of nitrogens with one attached hydrogen (secondary N) is 2. The molecule has 1 aromatic carbocycles. The molecule has 0 unspecified atom stereocenters. The molecule has 98 valence electrons. The third-order valence-electron chi connectivity index (χ3n) is 2.99. The van der Waals surface area contributed by atoms with Gasteiger partial charge in [0.1, 0.15) is 6.61 Å². The van der Waals surface area contributed by atoms with Crippen LogP contribution in [0, 0.1) is 0 Å². The number of anilines is 1. The summed E-state index contributed by atoms with van der Waals surface area (Å²) in [6.45, 7) is 4.26. The molecule has 1 amide bonds. The third kappa shape index (κ3) is 2.94. The van der Waals surface area contributed by atoms with Crippen molar-refractivity contribution in [1.29, 1.82) is 0 Å². The molecule has 0 atom stereocenters. The number of para-hydroxylation sites is 1. The summed E-state index contributed by atoms with van der Waals surface area (Å²) >= 11 is 0. The molecule has 0 saturated carbocycles. The van der Waals surface area contributed by atoms with Crippen LogP contribution in [0.4, 0.5) is 5.69 Å². The van der Waals surface area contributed by atoms with Gasteiger partial charge in [-0.05, 0) is 18.6 Å². The number of amides is 1. The molecule has 1 aromatic rings. The highest BCUT2D eigenvalue weighted by Gasteiger charge is 2.18. The fraction of sp³-hybridized carbons (Fsp3) is 0.500. The van der Waals surface area contributed by atoms with Crippen molar-refractivity contribution < 1.29 is 9.53 Å². The molecule has 1 heterocycles. The Morgan fingerprint density at radius 3 is 3.17 bits per heavy atom. The Bertz CT molecular complexity index is 418. The minimum atomic E-state index is -0.0494. The maximum Gasteiger partial charge on any atom is 0.255 e. The lowest BCUT2D eigenvalue weighted by Crippen LogP contribution is -2.27. The van der Waals surface area contributed by atoms with E-state index < -0.39 is 0 Å².